The second kappa shape index (κ2) is 5.46. The monoisotopic (exact) mass is 378 g/mol. The molecule has 0 fully saturated rings. The lowest BCUT2D eigenvalue weighted by Crippen LogP contribution is -2.36. The molecule has 3 heterocycles. The lowest BCUT2D eigenvalue weighted by molar-refractivity contribution is -0.660. The molecule has 0 saturated carbocycles. The first-order chi connectivity index (χ1) is 12.1. The number of thiophene rings is 1. The first kappa shape index (κ1) is 17.3. The summed E-state index contributed by atoms with van der Waals surface area (Å²) in [5, 5.41) is 2.98. The van der Waals surface area contributed by atoms with Gasteiger partial charge in [0.1, 0.15) is 12.8 Å². The van der Waals surface area contributed by atoms with Crippen molar-refractivity contribution in [2.45, 2.75) is 33.4 Å². The fourth-order valence-electron chi connectivity index (χ4n) is 3.48. The Morgan fingerprint density at radius 2 is 1.88 bits per heavy atom. The van der Waals surface area contributed by atoms with Crippen LogP contribution in [0.2, 0.25) is 0 Å². The third-order valence-corrected chi connectivity index (χ3v) is 6.05. The molecule has 1 aliphatic rings. The van der Waals surface area contributed by atoms with Crippen LogP contribution in [0.25, 0.3) is 21.3 Å². The van der Waals surface area contributed by atoms with Gasteiger partial charge in [0.15, 0.2) is 6.20 Å². The Balaban J connectivity index is 1.96. The van der Waals surface area contributed by atoms with Crippen molar-refractivity contribution in [2.75, 3.05) is 0 Å². The van der Waals surface area contributed by atoms with Crippen LogP contribution in [0.15, 0.2) is 29.8 Å². The van der Waals surface area contributed by atoms with Gasteiger partial charge in [0.05, 0.1) is 11.0 Å². The van der Waals surface area contributed by atoms with Gasteiger partial charge in [0.2, 0.25) is 5.75 Å². The van der Waals surface area contributed by atoms with Gasteiger partial charge < -0.3 is 4.74 Å². The molecule has 0 unspecified atom stereocenters. The molecule has 0 N–H and O–H groups in total. The molecule has 136 valence electrons. The zero-order valence-corrected chi connectivity index (χ0v) is 15.8. The molecule has 0 aliphatic carbocycles. The molecule has 2 nitrogen and oxygen atoms in total. The van der Waals surface area contributed by atoms with Crippen LogP contribution in [0.4, 0.5) is 13.2 Å². The number of pyridine rings is 1. The van der Waals surface area contributed by atoms with Crippen LogP contribution in [-0.2, 0) is 13.5 Å². The second-order valence-electron chi connectivity index (χ2n) is 7.52. The summed E-state index contributed by atoms with van der Waals surface area (Å²) in [6.45, 7) is 4.49. The lowest BCUT2D eigenvalue weighted by atomic mass is 9.84. The molecule has 0 amide bonds. The molecule has 1 aliphatic heterocycles. The minimum Gasteiger partial charge on any atom is -0.448 e. The van der Waals surface area contributed by atoms with Crippen LogP contribution >= 0.6 is 11.3 Å². The van der Waals surface area contributed by atoms with E-state index in [0.717, 1.165) is 32.7 Å². The van der Waals surface area contributed by atoms with Gasteiger partial charge in [-0.3, -0.25) is 0 Å². The third kappa shape index (κ3) is 2.42. The van der Waals surface area contributed by atoms with Gasteiger partial charge in [-0.15, -0.1) is 11.3 Å². The first-order valence-corrected chi connectivity index (χ1v) is 9.25. The number of nitrogens with zero attached hydrogens (tertiary/aromatic N) is 1. The first-order valence-electron chi connectivity index (χ1n) is 8.37. The Kier molecular flexibility index (Phi) is 3.64. The van der Waals surface area contributed by atoms with E-state index in [1.807, 2.05) is 30.1 Å². The summed E-state index contributed by atoms with van der Waals surface area (Å²) < 4.78 is 49.5. The number of aryl methyl sites for hydroxylation is 2. The topological polar surface area (TPSA) is 13.1 Å². The van der Waals surface area contributed by atoms with E-state index in [1.54, 1.807) is 17.4 Å². The molecule has 2 aromatic heterocycles. The minimum atomic E-state index is -4.28. The number of fused-ring (bicyclic) bond motifs is 2. The van der Waals surface area contributed by atoms with Gasteiger partial charge >= 0.3 is 6.18 Å². The average Bonchev–Trinajstić information content (AvgIpc) is 2.95. The standard InChI is InChI=1S/C20H19F3NOS/c1-11-5-6-14-16-13(10-26-14)25-18-12(9-19(2,3)20(21,22)23)7-8-24(4)17(18)15(11)16/h5-8,10H,9H2,1-4H3/q+1. The van der Waals surface area contributed by atoms with Crippen LogP contribution in [-0.4, -0.2) is 6.18 Å². The highest BCUT2D eigenvalue weighted by Gasteiger charge is 2.48. The number of ether oxygens (including phenoxy) is 1. The Morgan fingerprint density at radius 1 is 1.15 bits per heavy atom. The van der Waals surface area contributed by atoms with Crippen LogP contribution in [0.3, 0.4) is 0 Å². The van der Waals surface area contributed by atoms with E-state index in [4.69, 9.17) is 4.74 Å². The van der Waals surface area contributed by atoms with E-state index in [0.29, 0.717) is 11.3 Å². The fraction of sp³-hybridized carbons (Fsp3) is 0.350. The molecule has 4 rings (SSSR count). The van der Waals surface area contributed by atoms with Crippen molar-refractivity contribution < 1.29 is 22.5 Å². The predicted molar refractivity (Wildman–Crippen MR) is 96.8 cm³/mol. The van der Waals surface area contributed by atoms with E-state index in [1.165, 1.54) is 13.8 Å². The summed E-state index contributed by atoms with van der Waals surface area (Å²) in [5.74, 6) is 1.27. The van der Waals surface area contributed by atoms with Crippen molar-refractivity contribution >= 4 is 21.4 Å². The Labute approximate surface area is 153 Å². The molecule has 3 aromatic rings. The van der Waals surface area contributed by atoms with Gasteiger partial charge in [0, 0.05) is 27.1 Å². The normalized spacial score (nSPS) is 13.7. The number of aromatic nitrogens is 1. The second-order valence-corrected chi connectivity index (χ2v) is 8.43. The van der Waals surface area contributed by atoms with Crippen LogP contribution in [0.5, 0.6) is 11.5 Å². The van der Waals surface area contributed by atoms with Crippen molar-refractivity contribution in [3.05, 3.63) is 40.9 Å². The summed E-state index contributed by atoms with van der Waals surface area (Å²) in [6, 6.07) is 5.85. The number of alkyl halides is 3. The zero-order chi connectivity index (χ0) is 18.9. The number of halogens is 3. The summed E-state index contributed by atoms with van der Waals surface area (Å²) >= 11 is 1.59. The molecule has 0 radical (unpaired) electrons. The summed E-state index contributed by atoms with van der Waals surface area (Å²) in [5.41, 5.74) is 1.72. The number of hydrogen-bond acceptors (Lipinski definition) is 2. The van der Waals surface area contributed by atoms with Gasteiger partial charge in [-0.1, -0.05) is 19.9 Å². The van der Waals surface area contributed by atoms with E-state index in [9.17, 15) is 13.2 Å². The highest BCUT2D eigenvalue weighted by Crippen LogP contribution is 2.51. The molecule has 1 aromatic carbocycles. The largest absolute Gasteiger partial charge is 0.448 e. The highest BCUT2D eigenvalue weighted by molar-refractivity contribution is 7.17. The molecule has 0 spiro atoms. The molecule has 0 saturated heterocycles. The van der Waals surface area contributed by atoms with Gasteiger partial charge in [0.25, 0.3) is 5.69 Å². The quantitative estimate of drug-likeness (QED) is 0.394. The third-order valence-electron chi connectivity index (χ3n) is 5.12. The van der Waals surface area contributed by atoms with Crippen molar-refractivity contribution in [2.24, 2.45) is 12.5 Å². The minimum absolute atomic E-state index is 0.131. The summed E-state index contributed by atoms with van der Waals surface area (Å²) in [6.07, 6.45) is -2.59. The Hall–Kier alpha value is -2.08. The highest BCUT2D eigenvalue weighted by atomic mass is 32.1. The van der Waals surface area contributed by atoms with Gasteiger partial charge in [-0.05, 0) is 25.0 Å². The van der Waals surface area contributed by atoms with Gasteiger partial charge in [-0.25, -0.2) is 0 Å². The average molecular weight is 378 g/mol. The summed E-state index contributed by atoms with van der Waals surface area (Å²) in [7, 11) is 1.90. The predicted octanol–water partition coefficient (Wildman–Crippen LogP) is 5.94. The zero-order valence-electron chi connectivity index (χ0n) is 15.0. The van der Waals surface area contributed by atoms with Crippen LogP contribution < -0.4 is 9.30 Å². The van der Waals surface area contributed by atoms with Gasteiger partial charge in [-0.2, -0.15) is 17.7 Å². The maximum atomic E-state index is 13.4. The van der Waals surface area contributed by atoms with Crippen LogP contribution in [0, 0.1) is 12.3 Å². The molecular weight excluding hydrogens is 359 g/mol. The Morgan fingerprint density at radius 3 is 2.58 bits per heavy atom. The number of hydrogen-bond donors (Lipinski definition) is 0. The van der Waals surface area contributed by atoms with Crippen molar-refractivity contribution in [3.8, 4) is 22.8 Å². The van der Waals surface area contributed by atoms with Crippen LogP contribution in [0.1, 0.15) is 25.0 Å². The maximum absolute atomic E-state index is 13.4. The van der Waals surface area contributed by atoms with E-state index >= 15 is 0 Å². The molecule has 0 atom stereocenters. The number of benzene rings is 1. The lowest BCUT2D eigenvalue weighted by Gasteiger charge is -2.29. The van der Waals surface area contributed by atoms with Crippen molar-refractivity contribution in [1.29, 1.82) is 0 Å². The van der Waals surface area contributed by atoms with E-state index < -0.39 is 11.6 Å². The molecule has 26 heavy (non-hydrogen) atoms. The molecule has 6 heteroatoms. The molecular formula is C20H19F3NOS+. The van der Waals surface area contributed by atoms with E-state index in [-0.39, 0.29) is 6.42 Å². The maximum Gasteiger partial charge on any atom is 0.394 e. The smallest absolute Gasteiger partial charge is 0.394 e. The fourth-order valence-corrected chi connectivity index (χ4v) is 4.35. The summed E-state index contributed by atoms with van der Waals surface area (Å²) in [4.78, 5) is 0. The number of rotatable bonds is 2. The SMILES string of the molecule is Cc1ccc2scc3c2c1-c1c(c(CC(C)(C)C(F)(F)F)cc[n+]1C)O3. The van der Waals surface area contributed by atoms with E-state index in [2.05, 4.69) is 12.1 Å². The van der Waals surface area contributed by atoms with Crippen molar-refractivity contribution in [1.82, 2.24) is 0 Å². The Bertz CT molecular complexity index is 1030. The van der Waals surface area contributed by atoms with Crippen molar-refractivity contribution in [3.63, 3.8) is 0 Å². The molecule has 0 bridgehead atoms.